The summed E-state index contributed by atoms with van der Waals surface area (Å²) in [6, 6.07) is 0. The van der Waals surface area contributed by atoms with E-state index in [2.05, 4.69) is 35.6 Å². The van der Waals surface area contributed by atoms with E-state index in [0.717, 1.165) is 36.2 Å². The van der Waals surface area contributed by atoms with Crippen molar-refractivity contribution in [3.63, 3.8) is 0 Å². The molecule has 0 saturated carbocycles. The van der Waals surface area contributed by atoms with E-state index in [9.17, 15) is 5.11 Å². The van der Waals surface area contributed by atoms with E-state index in [4.69, 9.17) is 0 Å². The summed E-state index contributed by atoms with van der Waals surface area (Å²) in [6.07, 6.45) is 5.44. The largest absolute Gasteiger partial charge is 0.392 e. The minimum Gasteiger partial charge on any atom is -0.392 e. The molecule has 1 aromatic rings. The van der Waals surface area contributed by atoms with Crippen molar-refractivity contribution < 1.29 is 5.11 Å². The molecule has 1 unspecified atom stereocenters. The van der Waals surface area contributed by atoms with Crippen molar-refractivity contribution >= 4 is 5.95 Å². The molecule has 1 aliphatic rings. The van der Waals surface area contributed by atoms with Crippen molar-refractivity contribution in [2.75, 3.05) is 18.0 Å². The van der Waals surface area contributed by atoms with Gasteiger partial charge in [-0.2, -0.15) is 0 Å². The Bertz CT molecular complexity index is 454. The summed E-state index contributed by atoms with van der Waals surface area (Å²) in [5, 5.41) is 9.20. The number of aliphatic hydroxyl groups is 1. The average Bonchev–Trinajstić information content (AvgIpc) is 2.63. The minimum absolute atomic E-state index is 0.0121. The van der Waals surface area contributed by atoms with Crippen molar-refractivity contribution in [2.24, 2.45) is 11.3 Å². The molecule has 1 atom stereocenters. The second-order valence-electron chi connectivity index (χ2n) is 6.92. The predicted molar refractivity (Wildman–Crippen MR) is 81.7 cm³/mol. The van der Waals surface area contributed by atoms with Crippen molar-refractivity contribution in [1.82, 2.24) is 9.97 Å². The molecule has 112 valence electrons. The molecule has 1 aromatic heterocycles. The van der Waals surface area contributed by atoms with Gasteiger partial charge in [-0.15, -0.1) is 0 Å². The van der Waals surface area contributed by atoms with Gasteiger partial charge < -0.3 is 10.0 Å². The van der Waals surface area contributed by atoms with E-state index in [1.165, 1.54) is 19.3 Å². The standard InChI is InChI=1S/C16H27N3O/c1-12-13(11-20)10-17-15(18-12)19-8-5-6-14(7-9-19)16(2,3)4/h10,14,20H,5-9,11H2,1-4H3. The van der Waals surface area contributed by atoms with Gasteiger partial charge in [0, 0.05) is 30.5 Å². The van der Waals surface area contributed by atoms with E-state index >= 15 is 0 Å². The third-order valence-electron chi connectivity index (χ3n) is 4.47. The quantitative estimate of drug-likeness (QED) is 0.903. The molecule has 2 heterocycles. The normalized spacial score (nSPS) is 20.9. The Kier molecular flexibility index (Phi) is 4.63. The molecule has 0 bridgehead atoms. The Balaban J connectivity index is 2.09. The fourth-order valence-electron chi connectivity index (χ4n) is 2.95. The van der Waals surface area contributed by atoms with Crippen LogP contribution in [0.3, 0.4) is 0 Å². The van der Waals surface area contributed by atoms with Gasteiger partial charge in [0.15, 0.2) is 0 Å². The maximum atomic E-state index is 9.20. The Morgan fingerprint density at radius 3 is 2.65 bits per heavy atom. The summed E-state index contributed by atoms with van der Waals surface area (Å²) < 4.78 is 0. The Labute approximate surface area is 122 Å². The molecule has 0 aliphatic carbocycles. The molecule has 20 heavy (non-hydrogen) atoms. The first-order valence-electron chi connectivity index (χ1n) is 7.60. The van der Waals surface area contributed by atoms with Crippen LogP contribution in [0.1, 0.15) is 51.3 Å². The van der Waals surface area contributed by atoms with E-state index in [-0.39, 0.29) is 6.61 Å². The second-order valence-corrected chi connectivity index (χ2v) is 6.92. The Hall–Kier alpha value is -1.16. The first kappa shape index (κ1) is 15.2. The maximum Gasteiger partial charge on any atom is 0.225 e. The summed E-state index contributed by atoms with van der Waals surface area (Å²) in [7, 11) is 0. The molecule has 1 saturated heterocycles. The monoisotopic (exact) mass is 277 g/mol. The zero-order valence-corrected chi connectivity index (χ0v) is 13.2. The van der Waals surface area contributed by atoms with E-state index in [0.29, 0.717) is 5.41 Å². The molecular weight excluding hydrogens is 250 g/mol. The summed E-state index contributed by atoms with van der Waals surface area (Å²) in [4.78, 5) is 11.3. The van der Waals surface area contributed by atoms with E-state index < -0.39 is 0 Å². The number of nitrogens with zero attached hydrogens (tertiary/aromatic N) is 3. The summed E-state index contributed by atoms with van der Waals surface area (Å²) >= 11 is 0. The topological polar surface area (TPSA) is 49.2 Å². The molecule has 2 rings (SSSR count). The lowest BCUT2D eigenvalue weighted by Crippen LogP contribution is -2.28. The highest BCUT2D eigenvalue weighted by Gasteiger charge is 2.27. The first-order valence-corrected chi connectivity index (χ1v) is 7.60. The van der Waals surface area contributed by atoms with E-state index in [1.54, 1.807) is 6.20 Å². The SMILES string of the molecule is Cc1nc(N2CCCC(C(C)(C)C)CC2)ncc1CO. The molecule has 4 nitrogen and oxygen atoms in total. The molecule has 1 aliphatic heterocycles. The minimum atomic E-state index is 0.0121. The van der Waals surface area contributed by atoms with Crippen molar-refractivity contribution in [3.05, 3.63) is 17.5 Å². The number of aromatic nitrogens is 2. The number of hydrogen-bond donors (Lipinski definition) is 1. The van der Waals surface area contributed by atoms with Gasteiger partial charge in [-0.05, 0) is 37.5 Å². The highest BCUT2D eigenvalue weighted by Crippen LogP contribution is 2.34. The van der Waals surface area contributed by atoms with Crippen LogP contribution in [0.4, 0.5) is 5.95 Å². The highest BCUT2D eigenvalue weighted by atomic mass is 16.3. The molecule has 1 fully saturated rings. The summed E-state index contributed by atoms with van der Waals surface area (Å²) in [6.45, 7) is 11.0. The van der Waals surface area contributed by atoms with Crippen molar-refractivity contribution in [3.8, 4) is 0 Å². The van der Waals surface area contributed by atoms with Gasteiger partial charge in [-0.1, -0.05) is 20.8 Å². The van der Waals surface area contributed by atoms with Crippen molar-refractivity contribution in [2.45, 2.75) is 53.6 Å². The van der Waals surface area contributed by atoms with Crippen LogP contribution in [-0.2, 0) is 6.61 Å². The number of rotatable bonds is 2. The van der Waals surface area contributed by atoms with Gasteiger partial charge >= 0.3 is 0 Å². The predicted octanol–water partition coefficient (Wildman–Crippen LogP) is 2.93. The van der Waals surface area contributed by atoms with E-state index in [1.807, 2.05) is 6.92 Å². The number of hydrogen-bond acceptors (Lipinski definition) is 4. The molecular formula is C16H27N3O. The average molecular weight is 277 g/mol. The highest BCUT2D eigenvalue weighted by molar-refractivity contribution is 5.33. The third-order valence-corrected chi connectivity index (χ3v) is 4.47. The maximum absolute atomic E-state index is 9.20. The molecule has 1 N–H and O–H groups in total. The van der Waals surface area contributed by atoms with Crippen LogP contribution in [0.5, 0.6) is 0 Å². The number of aliphatic hydroxyl groups excluding tert-OH is 1. The zero-order chi connectivity index (χ0) is 14.8. The lowest BCUT2D eigenvalue weighted by molar-refractivity contribution is 0.220. The van der Waals surface area contributed by atoms with Crippen molar-refractivity contribution in [1.29, 1.82) is 0 Å². The van der Waals surface area contributed by atoms with Gasteiger partial charge in [-0.25, -0.2) is 9.97 Å². The van der Waals surface area contributed by atoms with Gasteiger partial charge in [0.1, 0.15) is 0 Å². The molecule has 0 spiro atoms. The smallest absolute Gasteiger partial charge is 0.225 e. The zero-order valence-electron chi connectivity index (χ0n) is 13.2. The lowest BCUT2D eigenvalue weighted by Gasteiger charge is -2.29. The Morgan fingerprint density at radius 1 is 1.30 bits per heavy atom. The van der Waals surface area contributed by atoms with Crippen LogP contribution in [0.25, 0.3) is 0 Å². The van der Waals surface area contributed by atoms with Crippen LogP contribution in [0.15, 0.2) is 6.20 Å². The van der Waals surface area contributed by atoms with Crippen LogP contribution in [-0.4, -0.2) is 28.2 Å². The molecule has 0 amide bonds. The molecule has 0 radical (unpaired) electrons. The fourth-order valence-corrected chi connectivity index (χ4v) is 2.95. The third kappa shape index (κ3) is 3.48. The molecule has 0 aromatic carbocycles. The van der Waals surface area contributed by atoms with Crippen LogP contribution >= 0.6 is 0 Å². The lowest BCUT2D eigenvalue weighted by atomic mass is 9.77. The first-order chi connectivity index (χ1) is 9.41. The van der Waals surface area contributed by atoms with Gasteiger partial charge in [0.05, 0.1) is 6.61 Å². The van der Waals surface area contributed by atoms with Gasteiger partial charge in [0.25, 0.3) is 0 Å². The number of aryl methyl sites for hydroxylation is 1. The molecule has 4 heteroatoms. The summed E-state index contributed by atoms with van der Waals surface area (Å²) in [5.74, 6) is 1.58. The van der Waals surface area contributed by atoms with Gasteiger partial charge in [0.2, 0.25) is 5.95 Å². The second kappa shape index (κ2) is 6.08. The van der Waals surface area contributed by atoms with Gasteiger partial charge in [-0.3, -0.25) is 0 Å². The fraction of sp³-hybridized carbons (Fsp3) is 0.750. The summed E-state index contributed by atoms with van der Waals surface area (Å²) in [5.41, 5.74) is 2.08. The van der Waals surface area contributed by atoms with Crippen LogP contribution in [0.2, 0.25) is 0 Å². The Morgan fingerprint density at radius 2 is 2.05 bits per heavy atom. The number of anilines is 1. The van der Waals surface area contributed by atoms with Crippen LogP contribution in [0, 0.1) is 18.3 Å². The van der Waals surface area contributed by atoms with Crippen LogP contribution < -0.4 is 4.90 Å².